The van der Waals surface area contributed by atoms with Gasteiger partial charge in [-0.05, 0) is 78.6 Å². The molecule has 0 fully saturated rings. The van der Waals surface area contributed by atoms with Crippen LogP contribution in [0.2, 0.25) is 5.02 Å². The van der Waals surface area contributed by atoms with Gasteiger partial charge < -0.3 is 10.5 Å². The molecule has 0 aromatic heterocycles. The van der Waals surface area contributed by atoms with Gasteiger partial charge in [0.05, 0.1) is 22.6 Å². The van der Waals surface area contributed by atoms with Crippen molar-refractivity contribution in [3.8, 4) is 11.8 Å². The van der Waals surface area contributed by atoms with Crippen molar-refractivity contribution in [2.24, 2.45) is 11.1 Å². The molecular formula is C35H36ClN3O2. The number of hydrogen-bond acceptors (Lipinski definition) is 5. The number of hydrogen-bond donors (Lipinski definition) is 1. The van der Waals surface area contributed by atoms with E-state index in [1.54, 1.807) is 6.07 Å². The maximum Gasteiger partial charge on any atom is 0.162 e. The number of aryl methyl sites for hydroxylation is 2. The van der Waals surface area contributed by atoms with Crippen LogP contribution >= 0.6 is 11.6 Å². The van der Waals surface area contributed by atoms with Crippen molar-refractivity contribution in [3.63, 3.8) is 0 Å². The van der Waals surface area contributed by atoms with E-state index in [1.807, 2.05) is 49.1 Å². The normalized spacial score (nSPS) is 18.3. The molecule has 0 spiro atoms. The Balaban J connectivity index is 1.67. The van der Waals surface area contributed by atoms with E-state index < -0.39 is 5.92 Å². The van der Waals surface area contributed by atoms with Crippen LogP contribution in [0.3, 0.4) is 0 Å². The molecule has 6 heteroatoms. The average molecular weight is 566 g/mol. The third-order valence-corrected chi connectivity index (χ3v) is 8.53. The standard InChI is InChI=1S/C35H36ClN3O2/c1-6-23-11-13-25(14-12-23)39-29-17-35(4,5)18-30(40)33(29)32(27(19-37)34(39)38)26-16-21(2)15-24(22(26)3)20-41-31-10-8-7-9-28(31)36/h7-16,32H,6,17-18,20,38H2,1-5H3. The van der Waals surface area contributed by atoms with Crippen LogP contribution in [0.4, 0.5) is 5.69 Å². The highest BCUT2D eigenvalue weighted by Gasteiger charge is 2.45. The highest BCUT2D eigenvalue weighted by Crippen LogP contribution is 2.51. The lowest BCUT2D eigenvalue weighted by molar-refractivity contribution is -0.118. The van der Waals surface area contributed by atoms with Crippen LogP contribution < -0.4 is 15.4 Å². The second kappa shape index (κ2) is 11.1. The SMILES string of the molecule is CCc1ccc(N2C(N)=C(C#N)C(c3cc(C)cc(COc4ccccc4Cl)c3C)C3=C2CC(C)(C)CC3=O)cc1. The second-order valence-corrected chi connectivity index (χ2v) is 12.3. The number of nitriles is 1. The fraction of sp³-hybridized carbons (Fsp3) is 0.314. The largest absolute Gasteiger partial charge is 0.487 e. The van der Waals surface area contributed by atoms with Crippen molar-refractivity contribution in [2.45, 2.75) is 66.4 Å². The van der Waals surface area contributed by atoms with Crippen LogP contribution in [0.25, 0.3) is 0 Å². The number of carbonyl (C=O) groups is 1. The number of benzene rings is 3. The summed E-state index contributed by atoms with van der Waals surface area (Å²) in [6.45, 7) is 10.7. The Labute approximate surface area is 247 Å². The number of allylic oxidation sites excluding steroid dienone is 3. The predicted octanol–water partition coefficient (Wildman–Crippen LogP) is 8.04. The summed E-state index contributed by atoms with van der Waals surface area (Å²) in [5.74, 6) is 0.492. The number of carbonyl (C=O) groups excluding carboxylic acids is 1. The Morgan fingerprint density at radius 2 is 1.80 bits per heavy atom. The summed E-state index contributed by atoms with van der Waals surface area (Å²) in [5, 5.41) is 11.1. The molecule has 0 amide bonds. The molecule has 0 bridgehead atoms. The minimum atomic E-state index is -0.552. The maximum absolute atomic E-state index is 14.0. The first-order valence-corrected chi connectivity index (χ1v) is 14.4. The van der Waals surface area contributed by atoms with Gasteiger partial charge in [0.1, 0.15) is 18.2 Å². The first kappa shape index (κ1) is 28.5. The third-order valence-electron chi connectivity index (χ3n) is 8.21. The summed E-state index contributed by atoms with van der Waals surface area (Å²) < 4.78 is 6.10. The minimum Gasteiger partial charge on any atom is -0.487 e. The number of rotatable bonds is 6. The average Bonchev–Trinajstić information content (AvgIpc) is 2.93. The Hall–Kier alpha value is -4.01. The summed E-state index contributed by atoms with van der Waals surface area (Å²) in [6.07, 6.45) is 2.01. The lowest BCUT2D eigenvalue weighted by Crippen LogP contribution is -2.42. The number of nitrogens with two attached hydrogens (primary N) is 1. The molecule has 5 rings (SSSR count). The number of anilines is 1. The van der Waals surface area contributed by atoms with E-state index in [2.05, 4.69) is 51.1 Å². The van der Waals surface area contributed by atoms with Crippen molar-refractivity contribution in [1.29, 1.82) is 5.26 Å². The van der Waals surface area contributed by atoms with Crippen LogP contribution in [0, 0.1) is 30.6 Å². The van der Waals surface area contributed by atoms with Gasteiger partial charge in [0.15, 0.2) is 5.78 Å². The maximum atomic E-state index is 14.0. The molecule has 3 aromatic carbocycles. The molecule has 0 saturated carbocycles. The van der Waals surface area contributed by atoms with Crippen molar-refractivity contribution in [3.05, 3.63) is 116 Å². The van der Waals surface area contributed by atoms with Gasteiger partial charge in [-0.15, -0.1) is 0 Å². The number of halogens is 1. The quantitative estimate of drug-likeness (QED) is 0.327. The third kappa shape index (κ3) is 5.37. The Kier molecular flexibility index (Phi) is 7.72. The fourth-order valence-corrected chi connectivity index (χ4v) is 6.32. The summed E-state index contributed by atoms with van der Waals surface area (Å²) in [5.41, 5.74) is 14.5. The first-order chi connectivity index (χ1) is 19.5. The van der Waals surface area contributed by atoms with E-state index in [0.29, 0.717) is 47.2 Å². The summed E-state index contributed by atoms with van der Waals surface area (Å²) in [7, 11) is 0. The van der Waals surface area contributed by atoms with E-state index >= 15 is 0 Å². The number of para-hydroxylation sites is 1. The molecule has 2 N–H and O–H groups in total. The van der Waals surface area contributed by atoms with E-state index in [1.165, 1.54) is 5.56 Å². The molecule has 41 heavy (non-hydrogen) atoms. The van der Waals surface area contributed by atoms with Crippen LogP contribution in [-0.4, -0.2) is 5.78 Å². The predicted molar refractivity (Wildman–Crippen MR) is 165 cm³/mol. The van der Waals surface area contributed by atoms with E-state index in [4.69, 9.17) is 22.1 Å². The number of Topliss-reactive ketones (excluding diaryl/α,β-unsaturated/α-hetero) is 1. The van der Waals surface area contributed by atoms with Crippen LogP contribution in [0.15, 0.2) is 83.3 Å². The van der Waals surface area contributed by atoms with Crippen molar-refractivity contribution < 1.29 is 9.53 Å². The molecule has 1 atom stereocenters. The Morgan fingerprint density at radius 3 is 2.46 bits per heavy atom. The summed E-state index contributed by atoms with van der Waals surface area (Å²) >= 11 is 6.34. The summed E-state index contributed by atoms with van der Waals surface area (Å²) in [6, 6.07) is 22.2. The van der Waals surface area contributed by atoms with Crippen LogP contribution in [-0.2, 0) is 17.8 Å². The Bertz CT molecular complexity index is 1630. The zero-order valence-corrected chi connectivity index (χ0v) is 25.1. The molecule has 1 aliphatic heterocycles. The molecule has 1 aliphatic carbocycles. The van der Waals surface area contributed by atoms with Gasteiger partial charge in [-0.2, -0.15) is 5.26 Å². The van der Waals surface area contributed by atoms with Gasteiger partial charge in [-0.1, -0.05) is 74.3 Å². The van der Waals surface area contributed by atoms with Gasteiger partial charge in [0.2, 0.25) is 0 Å². The molecule has 1 heterocycles. The molecule has 5 nitrogen and oxygen atoms in total. The van der Waals surface area contributed by atoms with Gasteiger partial charge in [0.25, 0.3) is 0 Å². The van der Waals surface area contributed by atoms with E-state index in [-0.39, 0.29) is 11.2 Å². The minimum absolute atomic E-state index is 0.0615. The van der Waals surface area contributed by atoms with Gasteiger partial charge >= 0.3 is 0 Å². The smallest absolute Gasteiger partial charge is 0.162 e. The van der Waals surface area contributed by atoms with E-state index in [0.717, 1.165) is 40.1 Å². The number of ether oxygens (including phenoxy) is 1. The first-order valence-electron chi connectivity index (χ1n) is 14.1. The lowest BCUT2D eigenvalue weighted by Gasteiger charge is -2.44. The number of ketones is 1. The van der Waals surface area contributed by atoms with Crippen molar-refractivity contribution in [1.82, 2.24) is 0 Å². The lowest BCUT2D eigenvalue weighted by atomic mass is 9.68. The zero-order chi connectivity index (χ0) is 29.5. The van der Waals surface area contributed by atoms with E-state index in [9.17, 15) is 10.1 Å². The number of nitrogens with zero attached hydrogens (tertiary/aromatic N) is 2. The molecular weight excluding hydrogens is 530 g/mol. The highest BCUT2D eigenvalue weighted by atomic mass is 35.5. The molecule has 210 valence electrons. The van der Waals surface area contributed by atoms with Gasteiger partial charge in [0, 0.05) is 23.4 Å². The monoisotopic (exact) mass is 565 g/mol. The van der Waals surface area contributed by atoms with Crippen molar-refractivity contribution in [2.75, 3.05) is 4.90 Å². The fourth-order valence-electron chi connectivity index (χ4n) is 6.13. The van der Waals surface area contributed by atoms with Crippen molar-refractivity contribution >= 4 is 23.1 Å². The molecule has 0 radical (unpaired) electrons. The zero-order valence-electron chi connectivity index (χ0n) is 24.3. The molecule has 1 unspecified atom stereocenters. The summed E-state index contributed by atoms with van der Waals surface area (Å²) in [4.78, 5) is 15.9. The Morgan fingerprint density at radius 1 is 1.10 bits per heavy atom. The second-order valence-electron chi connectivity index (χ2n) is 11.9. The van der Waals surface area contributed by atoms with Crippen LogP contribution in [0.1, 0.15) is 67.3 Å². The van der Waals surface area contributed by atoms with Gasteiger partial charge in [-0.3, -0.25) is 9.69 Å². The molecule has 3 aromatic rings. The highest BCUT2D eigenvalue weighted by molar-refractivity contribution is 6.32. The van der Waals surface area contributed by atoms with Gasteiger partial charge in [-0.25, -0.2) is 0 Å². The van der Waals surface area contributed by atoms with Crippen LogP contribution in [0.5, 0.6) is 5.75 Å². The molecule has 2 aliphatic rings. The topological polar surface area (TPSA) is 79.3 Å². The molecule has 0 saturated heterocycles.